The molecule has 0 bridgehead atoms. The summed E-state index contributed by atoms with van der Waals surface area (Å²) in [4.78, 5) is 7.09. The van der Waals surface area contributed by atoms with Crippen molar-refractivity contribution >= 4 is 10.9 Å². The van der Waals surface area contributed by atoms with Crippen molar-refractivity contribution in [3.05, 3.63) is 42.2 Å². The zero-order valence-electron chi connectivity index (χ0n) is 9.39. The maximum Gasteiger partial charge on any atom is 0.164 e. The number of aromatic amines is 1. The highest BCUT2D eigenvalue weighted by Gasteiger charge is 2.09. The number of benzene rings is 1. The first-order valence-corrected chi connectivity index (χ1v) is 5.43. The summed E-state index contributed by atoms with van der Waals surface area (Å²) >= 11 is 0. The van der Waals surface area contributed by atoms with Crippen LogP contribution in [0.5, 0.6) is 0 Å². The summed E-state index contributed by atoms with van der Waals surface area (Å²) in [7, 11) is 0. The Labute approximate surface area is 102 Å². The second-order valence-corrected chi connectivity index (χ2v) is 3.86. The van der Waals surface area contributed by atoms with Crippen molar-refractivity contribution in [3.8, 4) is 11.3 Å². The molecule has 1 aromatic carbocycles. The second kappa shape index (κ2) is 4.15. The third-order valence-corrected chi connectivity index (χ3v) is 2.71. The molecular formula is C12H10FN5. The Kier molecular flexibility index (Phi) is 2.49. The van der Waals surface area contributed by atoms with Gasteiger partial charge in [-0.1, -0.05) is 0 Å². The first-order chi connectivity index (χ1) is 8.78. The molecule has 90 valence electrons. The van der Waals surface area contributed by atoms with Crippen LogP contribution in [0.15, 0.2) is 30.6 Å². The van der Waals surface area contributed by atoms with Gasteiger partial charge in [0.1, 0.15) is 11.5 Å². The highest BCUT2D eigenvalue weighted by molar-refractivity contribution is 5.94. The van der Waals surface area contributed by atoms with E-state index in [2.05, 4.69) is 20.2 Å². The fraction of sp³-hybridized carbons (Fsp3) is 0.0833. The number of halogens is 1. The van der Waals surface area contributed by atoms with Crippen LogP contribution >= 0.6 is 0 Å². The summed E-state index contributed by atoms with van der Waals surface area (Å²) in [6.45, 7) is 0.256. The molecule has 0 aliphatic carbocycles. The number of aromatic nitrogens is 4. The molecule has 3 N–H and O–H groups in total. The lowest BCUT2D eigenvalue weighted by Crippen LogP contribution is -2.04. The number of nitrogens with one attached hydrogen (secondary N) is 1. The van der Waals surface area contributed by atoms with Gasteiger partial charge >= 0.3 is 0 Å². The van der Waals surface area contributed by atoms with Crippen molar-refractivity contribution in [1.29, 1.82) is 0 Å². The molecule has 6 heteroatoms. The highest BCUT2D eigenvalue weighted by Crippen LogP contribution is 2.26. The Morgan fingerprint density at radius 1 is 1.28 bits per heavy atom. The van der Waals surface area contributed by atoms with Gasteiger partial charge in [0, 0.05) is 22.7 Å². The number of hydrogen-bond acceptors (Lipinski definition) is 4. The third kappa shape index (κ3) is 1.72. The van der Waals surface area contributed by atoms with Gasteiger partial charge in [-0.2, -0.15) is 0 Å². The number of nitrogens with two attached hydrogens (primary N) is 1. The van der Waals surface area contributed by atoms with Gasteiger partial charge in [0.15, 0.2) is 5.82 Å². The molecule has 18 heavy (non-hydrogen) atoms. The Bertz CT molecular complexity index is 689. The molecule has 0 saturated carbocycles. The van der Waals surface area contributed by atoms with Crippen molar-refractivity contribution in [2.75, 3.05) is 0 Å². The molecule has 3 aromatic rings. The molecule has 0 saturated heterocycles. The Morgan fingerprint density at radius 3 is 2.89 bits per heavy atom. The van der Waals surface area contributed by atoms with E-state index in [1.54, 1.807) is 18.5 Å². The van der Waals surface area contributed by atoms with Crippen LogP contribution in [0, 0.1) is 5.82 Å². The number of H-pyrrole nitrogens is 1. The van der Waals surface area contributed by atoms with Crippen LogP contribution in [0.1, 0.15) is 5.82 Å². The lowest BCUT2D eigenvalue weighted by molar-refractivity contribution is 0.629. The van der Waals surface area contributed by atoms with Gasteiger partial charge in [-0.3, -0.25) is 0 Å². The minimum atomic E-state index is -0.279. The molecule has 0 spiro atoms. The summed E-state index contributed by atoms with van der Waals surface area (Å²) in [5.41, 5.74) is 7.60. The molecule has 0 unspecified atom stereocenters. The normalized spacial score (nSPS) is 11.0. The van der Waals surface area contributed by atoms with Crippen molar-refractivity contribution in [2.24, 2.45) is 5.73 Å². The molecule has 2 heterocycles. The van der Waals surface area contributed by atoms with Gasteiger partial charge in [-0.05, 0) is 18.2 Å². The van der Waals surface area contributed by atoms with Crippen molar-refractivity contribution in [3.63, 3.8) is 0 Å². The van der Waals surface area contributed by atoms with Crippen LogP contribution in [0.3, 0.4) is 0 Å². The second-order valence-electron chi connectivity index (χ2n) is 3.86. The molecule has 2 aromatic heterocycles. The first kappa shape index (κ1) is 10.8. The topological polar surface area (TPSA) is 80.5 Å². The summed E-state index contributed by atoms with van der Waals surface area (Å²) in [5.74, 6) is 0.211. The Hall–Kier alpha value is -2.34. The smallest absolute Gasteiger partial charge is 0.164 e. The van der Waals surface area contributed by atoms with Crippen LogP contribution < -0.4 is 5.73 Å². The monoisotopic (exact) mass is 243 g/mol. The van der Waals surface area contributed by atoms with Gasteiger partial charge in [0.05, 0.1) is 12.7 Å². The number of rotatable bonds is 2. The molecule has 0 fully saturated rings. The Balaban J connectivity index is 2.13. The van der Waals surface area contributed by atoms with E-state index >= 15 is 0 Å². The van der Waals surface area contributed by atoms with Crippen LogP contribution in [-0.4, -0.2) is 20.2 Å². The molecule has 3 rings (SSSR count). The lowest BCUT2D eigenvalue weighted by atomic mass is 10.1. The predicted octanol–water partition coefficient (Wildman–Crippen LogP) is 1.62. The SMILES string of the molecule is NCc1ncc(-c2c[nH]c3cc(F)ccc23)nn1. The largest absolute Gasteiger partial charge is 0.360 e. The predicted molar refractivity (Wildman–Crippen MR) is 65.0 cm³/mol. The van der Waals surface area contributed by atoms with Gasteiger partial charge in [-0.15, -0.1) is 10.2 Å². The average Bonchev–Trinajstić information content (AvgIpc) is 2.81. The van der Waals surface area contributed by atoms with E-state index in [0.29, 0.717) is 11.5 Å². The number of fused-ring (bicyclic) bond motifs is 1. The van der Waals surface area contributed by atoms with E-state index in [-0.39, 0.29) is 12.4 Å². The Morgan fingerprint density at radius 2 is 2.17 bits per heavy atom. The summed E-state index contributed by atoms with van der Waals surface area (Å²) in [5, 5.41) is 8.84. The summed E-state index contributed by atoms with van der Waals surface area (Å²) in [6.07, 6.45) is 3.37. The zero-order chi connectivity index (χ0) is 12.5. The van der Waals surface area contributed by atoms with E-state index in [0.717, 1.165) is 16.5 Å². The fourth-order valence-corrected chi connectivity index (χ4v) is 1.83. The van der Waals surface area contributed by atoms with E-state index in [9.17, 15) is 4.39 Å². The quantitative estimate of drug-likeness (QED) is 0.716. The van der Waals surface area contributed by atoms with E-state index in [1.165, 1.54) is 12.1 Å². The molecule has 0 amide bonds. The molecule has 5 nitrogen and oxygen atoms in total. The summed E-state index contributed by atoms with van der Waals surface area (Å²) in [6, 6.07) is 4.55. The average molecular weight is 243 g/mol. The maximum absolute atomic E-state index is 13.1. The third-order valence-electron chi connectivity index (χ3n) is 2.71. The first-order valence-electron chi connectivity index (χ1n) is 5.43. The van der Waals surface area contributed by atoms with Gasteiger partial charge < -0.3 is 10.7 Å². The highest BCUT2D eigenvalue weighted by atomic mass is 19.1. The van der Waals surface area contributed by atoms with E-state index in [4.69, 9.17) is 5.73 Å². The van der Waals surface area contributed by atoms with Crippen LogP contribution in [0.25, 0.3) is 22.2 Å². The number of nitrogens with zero attached hydrogens (tertiary/aromatic N) is 3. The molecule has 0 radical (unpaired) electrons. The molecule has 0 aliphatic rings. The molecular weight excluding hydrogens is 233 g/mol. The minimum absolute atomic E-state index is 0.256. The maximum atomic E-state index is 13.1. The number of hydrogen-bond donors (Lipinski definition) is 2. The van der Waals surface area contributed by atoms with Crippen molar-refractivity contribution in [2.45, 2.75) is 6.54 Å². The van der Waals surface area contributed by atoms with Gasteiger partial charge in [-0.25, -0.2) is 9.37 Å². The lowest BCUT2D eigenvalue weighted by Gasteiger charge is -1.98. The van der Waals surface area contributed by atoms with Crippen LogP contribution in [0.4, 0.5) is 4.39 Å². The van der Waals surface area contributed by atoms with Crippen LogP contribution in [-0.2, 0) is 6.54 Å². The van der Waals surface area contributed by atoms with Crippen LogP contribution in [0.2, 0.25) is 0 Å². The minimum Gasteiger partial charge on any atom is -0.360 e. The van der Waals surface area contributed by atoms with Gasteiger partial charge in [0.25, 0.3) is 0 Å². The standard InChI is InChI=1S/C12H10FN5/c13-7-1-2-8-9(5-15-10(8)3-7)11-6-16-12(4-14)18-17-11/h1-3,5-6,15H,4,14H2. The van der Waals surface area contributed by atoms with E-state index < -0.39 is 0 Å². The van der Waals surface area contributed by atoms with E-state index in [1.807, 2.05) is 0 Å². The van der Waals surface area contributed by atoms with Crippen molar-refractivity contribution in [1.82, 2.24) is 20.2 Å². The van der Waals surface area contributed by atoms with Gasteiger partial charge in [0.2, 0.25) is 0 Å². The molecule has 0 aliphatic heterocycles. The summed E-state index contributed by atoms with van der Waals surface area (Å²) < 4.78 is 13.1. The fourth-order valence-electron chi connectivity index (χ4n) is 1.83. The molecule has 0 atom stereocenters. The zero-order valence-corrected chi connectivity index (χ0v) is 9.39. The van der Waals surface area contributed by atoms with Crippen molar-refractivity contribution < 1.29 is 4.39 Å².